The van der Waals surface area contributed by atoms with Crippen LogP contribution in [0.25, 0.3) is 0 Å². The second-order valence-corrected chi connectivity index (χ2v) is 2.51. The lowest BCUT2D eigenvalue weighted by Gasteiger charge is -2.24. The summed E-state index contributed by atoms with van der Waals surface area (Å²) in [6.07, 6.45) is 5.43. The first-order valence-corrected chi connectivity index (χ1v) is 3.14. The molecule has 0 fully saturated rings. The van der Waals surface area contributed by atoms with Gasteiger partial charge in [0.05, 0.1) is 7.11 Å². The molecule has 56 valence electrons. The summed E-state index contributed by atoms with van der Waals surface area (Å²) in [5.41, 5.74) is 5.25. The van der Waals surface area contributed by atoms with Crippen molar-refractivity contribution in [2.24, 2.45) is 5.73 Å². The van der Waals surface area contributed by atoms with Gasteiger partial charge in [-0.15, -0.1) is 0 Å². The van der Waals surface area contributed by atoms with Gasteiger partial charge in [-0.25, -0.2) is 0 Å². The lowest BCUT2D eigenvalue weighted by Crippen LogP contribution is -2.47. The van der Waals surface area contributed by atoms with Crippen molar-refractivity contribution in [2.45, 2.75) is 12.6 Å². The van der Waals surface area contributed by atoms with E-state index in [0.29, 0.717) is 0 Å². The van der Waals surface area contributed by atoms with E-state index in [1.54, 1.807) is 13.3 Å². The van der Waals surface area contributed by atoms with Crippen molar-refractivity contribution in [3.05, 3.63) is 24.1 Å². The van der Waals surface area contributed by atoms with E-state index < -0.39 is 5.66 Å². The second kappa shape index (κ2) is 2.34. The van der Waals surface area contributed by atoms with Crippen LogP contribution in [0, 0.1) is 0 Å². The molecular formula is C7H12N2O. The van der Waals surface area contributed by atoms with Gasteiger partial charge in [0.1, 0.15) is 11.4 Å². The summed E-state index contributed by atoms with van der Waals surface area (Å²) in [5, 5.41) is 2.96. The molecule has 0 aliphatic carbocycles. The van der Waals surface area contributed by atoms with Gasteiger partial charge in [0.15, 0.2) is 0 Å². The minimum atomic E-state index is -0.472. The van der Waals surface area contributed by atoms with E-state index in [1.807, 2.05) is 19.1 Å². The third-order valence-corrected chi connectivity index (χ3v) is 1.32. The van der Waals surface area contributed by atoms with Gasteiger partial charge in [-0.05, 0) is 19.1 Å². The smallest absolute Gasteiger partial charge is 0.119 e. The van der Waals surface area contributed by atoms with Crippen LogP contribution in [-0.4, -0.2) is 12.8 Å². The number of nitrogens with one attached hydrogen (secondary N) is 1. The van der Waals surface area contributed by atoms with Crippen molar-refractivity contribution in [3.63, 3.8) is 0 Å². The highest BCUT2D eigenvalue weighted by atomic mass is 16.5. The molecule has 1 aliphatic heterocycles. The highest BCUT2D eigenvalue weighted by Gasteiger charge is 2.16. The molecule has 3 nitrogen and oxygen atoms in total. The zero-order valence-electron chi connectivity index (χ0n) is 6.22. The Morgan fingerprint density at radius 1 is 1.70 bits per heavy atom. The molecule has 0 bridgehead atoms. The maximum atomic E-state index is 5.72. The molecule has 0 saturated carbocycles. The van der Waals surface area contributed by atoms with E-state index >= 15 is 0 Å². The van der Waals surface area contributed by atoms with Gasteiger partial charge in [-0.1, -0.05) is 0 Å². The molecule has 3 N–H and O–H groups in total. The van der Waals surface area contributed by atoms with Gasteiger partial charge in [-0.2, -0.15) is 0 Å². The van der Waals surface area contributed by atoms with Crippen molar-refractivity contribution >= 4 is 0 Å². The molecule has 0 radical (unpaired) electrons. The summed E-state index contributed by atoms with van der Waals surface area (Å²) in [7, 11) is 1.62. The highest BCUT2D eigenvalue weighted by molar-refractivity contribution is 5.22. The van der Waals surface area contributed by atoms with Gasteiger partial charge in [0.2, 0.25) is 0 Å². The minimum Gasteiger partial charge on any atom is -0.497 e. The number of rotatable bonds is 1. The molecular weight excluding hydrogens is 128 g/mol. The van der Waals surface area contributed by atoms with Gasteiger partial charge in [-0.3, -0.25) is 0 Å². The fraction of sp³-hybridized carbons (Fsp3) is 0.429. The molecule has 1 unspecified atom stereocenters. The first kappa shape index (κ1) is 7.15. The van der Waals surface area contributed by atoms with Gasteiger partial charge in [0, 0.05) is 6.20 Å². The summed E-state index contributed by atoms with van der Waals surface area (Å²) >= 11 is 0. The van der Waals surface area contributed by atoms with E-state index in [4.69, 9.17) is 10.5 Å². The molecule has 0 aromatic carbocycles. The van der Waals surface area contributed by atoms with Crippen molar-refractivity contribution in [1.29, 1.82) is 0 Å². The molecule has 0 amide bonds. The maximum absolute atomic E-state index is 5.72. The standard InChI is InChI=1S/C7H12N2O/c1-7(8)5-6(10-2)3-4-9-7/h3-5,9H,8H2,1-2H3. The normalized spacial score (nSPS) is 30.9. The Hall–Kier alpha value is -0.960. The van der Waals surface area contributed by atoms with E-state index in [0.717, 1.165) is 5.76 Å². The molecule has 1 atom stereocenters. The number of hydrogen-bond acceptors (Lipinski definition) is 3. The Morgan fingerprint density at radius 2 is 2.40 bits per heavy atom. The molecule has 0 aromatic heterocycles. The Kier molecular flexibility index (Phi) is 1.68. The lowest BCUT2D eigenvalue weighted by molar-refractivity contribution is 0.294. The minimum absolute atomic E-state index is 0.472. The number of methoxy groups -OCH3 is 1. The zero-order chi connectivity index (χ0) is 7.61. The third-order valence-electron chi connectivity index (χ3n) is 1.32. The average molecular weight is 140 g/mol. The molecule has 0 aromatic rings. The molecule has 1 aliphatic rings. The predicted octanol–water partition coefficient (Wildman–Crippen LogP) is 0.309. The van der Waals surface area contributed by atoms with Crippen LogP contribution in [0.4, 0.5) is 0 Å². The average Bonchev–Trinajstić information content (AvgIpc) is 1.86. The molecule has 3 heteroatoms. The van der Waals surface area contributed by atoms with Crippen molar-refractivity contribution in [3.8, 4) is 0 Å². The van der Waals surface area contributed by atoms with Crippen LogP contribution < -0.4 is 11.1 Å². The van der Waals surface area contributed by atoms with Gasteiger partial charge in [0.25, 0.3) is 0 Å². The largest absolute Gasteiger partial charge is 0.497 e. The number of allylic oxidation sites excluding steroid dienone is 1. The summed E-state index contributed by atoms with van der Waals surface area (Å²) < 4.78 is 4.98. The van der Waals surface area contributed by atoms with Gasteiger partial charge >= 0.3 is 0 Å². The van der Waals surface area contributed by atoms with Crippen LogP contribution in [-0.2, 0) is 4.74 Å². The van der Waals surface area contributed by atoms with Crippen LogP contribution in [0.15, 0.2) is 24.1 Å². The van der Waals surface area contributed by atoms with Crippen LogP contribution >= 0.6 is 0 Å². The van der Waals surface area contributed by atoms with Crippen LogP contribution in [0.5, 0.6) is 0 Å². The van der Waals surface area contributed by atoms with E-state index in [1.165, 1.54) is 0 Å². The third kappa shape index (κ3) is 1.51. The van der Waals surface area contributed by atoms with E-state index in [2.05, 4.69) is 5.32 Å². The predicted molar refractivity (Wildman–Crippen MR) is 40.0 cm³/mol. The highest BCUT2D eigenvalue weighted by Crippen LogP contribution is 2.09. The molecule has 0 spiro atoms. The van der Waals surface area contributed by atoms with Crippen LogP contribution in [0.3, 0.4) is 0 Å². The SMILES string of the molecule is COC1=CC(C)(N)NC=C1. The summed E-state index contributed by atoms with van der Waals surface area (Å²) in [6, 6.07) is 0. The van der Waals surface area contributed by atoms with E-state index in [9.17, 15) is 0 Å². The van der Waals surface area contributed by atoms with Crippen molar-refractivity contribution < 1.29 is 4.74 Å². The topological polar surface area (TPSA) is 47.3 Å². The molecule has 1 rings (SSSR count). The second-order valence-electron chi connectivity index (χ2n) is 2.51. The number of nitrogens with two attached hydrogens (primary N) is 1. The van der Waals surface area contributed by atoms with Crippen LogP contribution in [0.1, 0.15) is 6.92 Å². The first-order valence-electron chi connectivity index (χ1n) is 3.14. The molecule has 1 heterocycles. The Balaban J connectivity index is 2.75. The fourth-order valence-electron chi connectivity index (χ4n) is 0.816. The van der Waals surface area contributed by atoms with E-state index in [-0.39, 0.29) is 0 Å². The van der Waals surface area contributed by atoms with Crippen molar-refractivity contribution in [2.75, 3.05) is 7.11 Å². The number of dihydropyridines is 1. The summed E-state index contributed by atoms with van der Waals surface area (Å²) in [5.74, 6) is 0.795. The number of hydrogen-bond donors (Lipinski definition) is 2. The summed E-state index contributed by atoms with van der Waals surface area (Å²) in [6.45, 7) is 1.87. The van der Waals surface area contributed by atoms with Crippen molar-refractivity contribution in [1.82, 2.24) is 5.32 Å². The monoisotopic (exact) mass is 140 g/mol. The zero-order valence-corrected chi connectivity index (χ0v) is 6.22. The quantitative estimate of drug-likeness (QED) is 0.551. The number of ether oxygens (including phenoxy) is 1. The Labute approximate surface area is 60.5 Å². The Bertz CT molecular complexity index is 182. The Morgan fingerprint density at radius 3 is 2.80 bits per heavy atom. The fourth-order valence-corrected chi connectivity index (χ4v) is 0.816. The first-order chi connectivity index (χ1) is 4.64. The molecule has 10 heavy (non-hydrogen) atoms. The van der Waals surface area contributed by atoms with Crippen LogP contribution in [0.2, 0.25) is 0 Å². The summed E-state index contributed by atoms with van der Waals surface area (Å²) in [4.78, 5) is 0. The maximum Gasteiger partial charge on any atom is 0.119 e. The van der Waals surface area contributed by atoms with Gasteiger partial charge < -0.3 is 15.8 Å². The lowest BCUT2D eigenvalue weighted by atomic mass is 10.1. The molecule has 0 saturated heterocycles.